The lowest BCUT2D eigenvalue weighted by atomic mass is 10.1. The van der Waals surface area contributed by atoms with Gasteiger partial charge in [-0.1, -0.05) is 0 Å². The number of methoxy groups -OCH3 is 2. The first-order chi connectivity index (χ1) is 8.89. The molecule has 0 saturated heterocycles. The van der Waals surface area contributed by atoms with Gasteiger partial charge in [0, 0.05) is 36.9 Å². The molecule has 0 aliphatic rings. The second-order valence-electron chi connectivity index (χ2n) is 4.92. The van der Waals surface area contributed by atoms with Crippen LogP contribution in [-0.2, 0) is 11.3 Å². The predicted octanol–water partition coefficient (Wildman–Crippen LogP) is 2.12. The van der Waals surface area contributed by atoms with Crippen LogP contribution in [0.2, 0.25) is 0 Å². The summed E-state index contributed by atoms with van der Waals surface area (Å²) in [6.07, 6.45) is 0. The molecule has 0 unspecified atom stereocenters. The van der Waals surface area contributed by atoms with Gasteiger partial charge in [0.05, 0.1) is 18.6 Å². The van der Waals surface area contributed by atoms with Crippen molar-refractivity contribution in [3.63, 3.8) is 0 Å². The summed E-state index contributed by atoms with van der Waals surface area (Å²) in [5, 5.41) is 14.1. The highest BCUT2D eigenvalue weighted by atomic mass is 16.6. The molecule has 6 nitrogen and oxygen atoms in total. The number of non-ortho nitro benzene ring substituents is 1. The average molecular weight is 268 g/mol. The van der Waals surface area contributed by atoms with E-state index in [1.165, 1.54) is 12.1 Å². The fourth-order valence-corrected chi connectivity index (χ4v) is 1.76. The number of rotatable bonds is 7. The third-order valence-electron chi connectivity index (χ3n) is 2.74. The molecule has 0 amide bonds. The van der Waals surface area contributed by atoms with E-state index in [0.29, 0.717) is 18.9 Å². The van der Waals surface area contributed by atoms with Crippen LogP contribution in [-0.4, -0.2) is 31.3 Å². The molecule has 0 saturated carbocycles. The van der Waals surface area contributed by atoms with Crippen LogP contribution in [0.1, 0.15) is 19.4 Å². The van der Waals surface area contributed by atoms with Gasteiger partial charge in [-0.05, 0) is 19.9 Å². The number of nitrogens with one attached hydrogen (secondary N) is 1. The summed E-state index contributed by atoms with van der Waals surface area (Å²) in [6.45, 7) is 5.02. The van der Waals surface area contributed by atoms with E-state index in [1.54, 1.807) is 20.3 Å². The first-order valence-corrected chi connectivity index (χ1v) is 5.95. The Hall–Kier alpha value is -1.66. The largest absolute Gasteiger partial charge is 0.496 e. The van der Waals surface area contributed by atoms with Crippen molar-refractivity contribution in [2.75, 3.05) is 20.8 Å². The first-order valence-electron chi connectivity index (χ1n) is 5.95. The number of nitro benzene ring substituents is 1. The normalized spacial score (nSPS) is 11.4. The lowest BCUT2D eigenvalue weighted by molar-refractivity contribution is -0.384. The molecule has 1 N–H and O–H groups in total. The summed E-state index contributed by atoms with van der Waals surface area (Å²) in [7, 11) is 3.18. The van der Waals surface area contributed by atoms with E-state index in [0.717, 1.165) is 5.56 Å². The summed E-state index contributed by atoms with van der Waals surface area (Å²) >= 11 is 0. The maximum atomic E-state index is 10.8. The third kappa shape index (κ3) is 4.50. The van der Waals surface area contributed by atoms with Gasteiger partial charge in [0.1, 0.15) is 5.75 Å². The van der Waals surface area contributed by atoms with E-state index < -0.39 is 4.92 Å². The molecule has 0 atom stereocenters. The molecule has 0 aliphatic heterocycles. The molecule has 6 heteroatoms. The van der Waals surface area contributed by atoms with Crippen molar-refractivity contribution < 1.29 is 14.4 Å². The Morgan fingerprint density at radius 2 is 2.05 bits per heavy atom. The maximum absolute atomic E-state index is 10.8. The number of nitro groups is 1. The van der Waals surface area contributed by atoms with Crippen molar-refractivity contribution in [3.05, 3.63) is 33.9 Å². The average Bonchev–Trinajstić information content (AvgIpc) is 2.36. The van der Waals surface area contributed by atoms with Gasteiger partial charge in [-0.2, -0.15) is 0 Å². The Morgan fingerprint density at radius 3 is 2.58 bits per heavy atom. The first kappa shape index (κ1) is 15.4. The lowest BCUT2D eigenvalue weighted by Gasteiger charge is -2.25. The fourth-order valence-electron chi connectivity index (χ4n) is 1.76. The number of nitrogens with zero attached hydrogens (tertiary/aromatic N) is 1. The number of hydrogen-bond donors (Lipinski definition) is 1. The van der Waals surface area contributed by atoms with Crippen LogP contribution in [0.25, 0.3) is 0 Å². The summed E-state index contributed by atoms with van der Waals surface area (Å²) in [4.78, 5) is 10.4. The summed E-state index contributed by atoms with van der Waals surface area (Å²) < 4.78 is 10.3. The number of benzene rings is 1. The minimum absolute atomic E-state index is 0.0575. The Bertz CT molecular complexity index is 446. The predicted molar refractivity (Wildman–Crippen MR) is 72.4 cm³/mol. The van der Waals surface area contributed by atoms with E-state index in [1.807, 2.05) is 13.8 Å². The second kappa shape index (κ2) is 6.49. The zero-order valence-electron chi connectivity index (χ0n) is 11.7. The van der Waals surface area contributed by atoms with Crippen LogP contribution < -0.4 is 10.1 Å². The summed E-state index contributed by atoms with van der Waals surface area (Å²) in [5.41, 5.74) is 0.590. The highest BCUT2D eigenvalue weighted by Crippen LogP contribution is 2.24. The summed E-state index contributed by atoms with van der Waals surface area (Å²) in [6, 6.07) is 4.57. The standard InChI is InChI=1S/C13H20N2O4/c1-13(2,9-18-3)14-8-10-7-11(15(16)17)5-6-12(10)19-4/h5-7,14H,8-9H2,1-4H3. The SMILES string of the molecule is COCC(C)(C)NCc1cc([N+](=O)[O-])ccc1OC. The Labute approximate surface area is 112 Å². The number of ether oxygens (including phenoxy) is 2. The lowest BCUT2D eigenvalue weighted by Crippen LogP contribution is -2.42. The van der Waals surface area contributed by atoms with Gasteiger partial charge in [-0.3, -0.25) is 10.1 Å². The van der Waals surface area contributed by atoms with E-state index in [2.05, 4.69) is 5.32 Å². The maximum Gasteiger partial charge on any atom is 0.270 e. The van der Waals surface area contributed by atoms with Crippen LogP contribution in [0.3, 0.4) is 0 Å². The van der Waals surface area contributed by atoms with E-state index in [-0.39, 0.29) is 11.2 Å². The zero-order chi connectivity index (χ0) is 14.5. The van der Waals surface area contributed by atoms with Crippen molar-refractivity contribution >= 4 is 5.69 Å². The van der Waals surface area contributed by atoms with E-state index >= 15 is 0 Å². The van der Waals surface area contributed by atoms with E-state index in [9.17, 15) is 10.1 Å². The van der Waals surface area contributed by atoms with Crippen LogP contribution in [0.4, 0.5) is 5.69 Å². The molecule has 0 bridgehead atoms. The van der Waals surface area contributed by atoms with Crippen molar-refractivity contribution in [2.24, 2.45) is 0 Å². The Balaban J connectivity index is 2.86. The van der Waals surface area contributed by atoms with Gasteiger partial charge in [0.2, 0.25) is 0 Å². The third-order valence-corrected chi connectivity index (χ3v) is 2.74. The van der Waals surface area contributed by atoms with Crippen LogP contribution >= 0.6 is 0 Å². The molecule has 0 aromatic heterocycles. The monoisotopic (exact) mass is 268 g/mol. The van der Waals surface area contributed by atoms with Crippen LogP contribution in [0.5, 0.6) is 5.75 Å². The molecular formula is C13H20N2O4. The van der Waals surface area contributed by atoms with Crippen molar-refractivity contribution in [3.8, 4) is 5.75 Å². The highest BCUT2D eigenvalue weighted by molar-refractivity contribution is 5.43. The molecule has 106 valence electrons. The minimum atomic E-state index is -0.413. The molecule has 19 heavy (non-hydrogen) atoms. The van der Waals surface area contributed by atoms with Crippen molar-refractivity contribution in [1.29, 1.82) is 0 Å². The van der Waals surface area contributed by atoms with Gasteiger partial charge in [0.15, 0.2) is 0 Å². The number of hydrogen-bond acceptors (Lipinski definition) is 5. The molecule has 1 aromatic rings. The molecule has 0 spiro atoms. The van der Waals surface area contributed by atoms with Gasteiger partial charge in [0.25, 0.3) is 5.69 Å². The highest BCUT2D eigenvalue weighted by Gasteiger charge is 2.18. The molecule has 0 radical (unpaired) electrons. The minimum Gasteiger partial charge on any atom is -0.496 e. The van der Waals surface area contributed by atoms with Gasteiger partial charge < -0.3 is 14.8 Å². The molecule has 1 aromatic carbocycles. The quantitative estimate of drug-likeness (QED) is 0.605. The summed E-state index contributed by atoms with van der Waals surface area (Å²) in [5.74, 6) is 0.631. The van der Waals surface area contributed by atoms with Gasteiger partial charge >= 0.3 is 0 Å². The van der Waals surface area contributed by atoms with Crippen LogP contribution in [0, 0.1) is 10.1 Å². The molecular weight excluding hydrogens is 248 g/mol. The topological polar surface area (TPSA) is 73.6 Å². The molecule has 1 rings (SSSR count). The zero-order valence-corrected chi connectivity index (χ0v) is 11.7. The van der Waals surface area contributed by atoms with Gasteiger partial charge in [-0.25, -0.2) is 0 Å². The van der Waals surface area contributed by atoms with Crippen molar-refractivity contribution in [1.82, 2.24) is 5.32 Å². The van der Waals surface area contributed by atoms with Gasteiger partial charge in [-0.15, -0.1) is 0 Å². The molecule has 0 fully saturated rings. The second-order valence-corrected chi connectivity index (χ2v) is 4.92. The van der Waals surface area contributed by atoms with E-state index in [4.69, 9.17) is 9.47 Å². The smallest absolute Gasteiger partial charge is 0.270 e. The molecule has 0 heterocycles. The Morgan fingerprint density at radius 1 is 1.37 bits per heavy atom. The fraction of sp³-hybridized carbons (Fsp3) is 0.538. The van der Waals surface area contributed by atoms with Crippen LogP contribution in [0.15, 0.2) is 18.2 Å². The molecule has 0 aliphatic carbocycles. The Kier molecular flexibility index (Phi) is 5.26. The van der Waals surface area contributed by atoms with Crippen molar-refractivity contribution in [2.45, 2.75) is 25.9 Å².